The monoisotopic (exact) mass is 320 g/mol. The highest BCUT2D eigenvalue weighted by Gasteiger charge is 2.18. The van der Waals surface area contributed by atoms with Gasteiger partial charge < -0.3 is 20.1 Å². The molecule has 0 spiro atoms. The zero-order valence-corrected chi connectivity index (χ0v) is 14.4. The van der Waals surface area contributed by atoms with Gasteiger partial charge >= 0.3 is 0 Å². The van der Waals surface area contributed by atoms with Crippen LogP contribution in [0.2, 0.25) is 0 Å². The molecule has 23 heavy (non-hydrogen) atoms. The highest BCUT2D eigenvalue weighted by atomic mass is 16.5. The summed E-state index contributed by atoms with van der Waals surface area (Å²) in [7, 11) is 0. The number of hydrogen-bond donors (Lipinski definition) is 2. The van der Waals surface area contributed by atoms with Gasteiger partial charge in [-0.2, -0.15) is 0 Å². The maximum Gasteiger partial charge on any atom is 0.176 e. The molecule has 5 nitrogen and oxygen atoms in total. The van der Waals surface area contributed by atoms with Gasteiger partial charge in [-0.25, -0.2) is 0 Å². The fraction of sp³-hybridized carbons (Fsp3) is 0.611. The van der Waals surface area contributed by atoms with E-state index in [0.717, 1.165) is 44.0 Å². The summed E-state index contributed by atoms with van der Waals surface area (Å²) in [5, 5.41) is 6.51. The molecule has 128 valence electrons. The summed E-state index contributed by atoms with van der Waals surface area (Å²) < 4.78 is 11.3. The normalized spacial score (nSPS) is 16.6. The third-order valence-electron chi connectivity index (χ3n) is 3.81. The Morgan fingerprint density at radius 3 is 3.04 bits per heavy atom. The minimum Gasteiger partial charge on any atom is -0.486 e. The van der Waals surface area contributed by atoms with Crippen LogP contribution in [0.1, 0.15) is 44.0 Å². The van der Waals surface area contributed by atoms with Crippen molar-refractivity contribution in [3.05, 3.63) is 23.8 Å². The summed E-state index contributed by atoms with van der Waals surface area (Å²) in [4.78, 5) is 12.2. The quantitative estimate of drug-likeness (QED) is 0.541. The average Bonchev–Trinajstić information content (AvgIpc) is 2.56. The molecule has 1 atom stereocenters. The van der Waals surface area contributed by atoms with Gasteiger partial charge in [-0.1, -0.05) is 6.92 Å². The van der Waals surface area contributed by atoms with Crippen molar-refractivity contribution in [3.63, 3.8) is 0 Å². The predicted octanol–water partition coefficient (Wildman–Crippen LogP) is 2.86. The van der Waals surface area contributed by atoms with Crippen molar-refractivity contribution >= 4 is 11.5 Å². The Labute approximate surface area is 138 Å². The smallest absolute Gasteiger partial charge is 0.176 e. The summed E-state index contributed by atoms with van der Waals surface area (Å²) in [6.45, 7) is 8.78. The van der Waals surface area contributed by atoms with Crippen LogP contribution >= 0.6 is 0 Å². The molecule has 1 aromatic carbocycles. The van der Waals surface area contributed by atoms with Crippen molar-refractivity contribution in [3.8, 4) is 5.75 Å². The molecule has 2 rings (SSSR count). The third-order valence-corrected chi connectivity index (χ3v) is 3.81. The first-order valence-corrected chi connectivity index (χ1v) is 8.50. The summed E-state index contributed by atoms with van der Waals surface area (Å²) in [6.07, 6.45) is 2.34. The highest BCUT2D eigenvalue weighted by Crippen LogP contribution is 2.30. The molecule has 1 aromatic rings. The minimum atomic E-state index is 0.0944. The Kier molecular flexibility index (Phi) is 6.86. The van der Waals surface area contributed by atoms with Crippen LogP contribution in [0.15, 0.2) is 18.2 Å². The number of rotatable bonds is 9. The van der Waals surface area contributed by atoms with Crippen LogP contribution in [0.4, 0.5) is 5.69 Å². The maximum absolute atomic E-state index is 12.2. The van der Waals surface area contributed by atoms with Crippen LogP contribution in [0, 0.1) is 0 Å². The van der Waals surface area contributed by atoms with Crippen LogP contribution in [-0.4, -0.2) is 44.2 Å². The van der Waals surface area contributed by atoms with Gasteiger partial charge in [0.05, 0.1) is 24.9 Å². The number of ether oxygens (including phenoxy) is 2. The Morgan fingerprint density at radius 1 is 1.48 bits per heavy atom. The first-order valence-electron chi connectivity index (χ1n) is 8.50. The van der Waals surface area contributed by atoms with Gasteiger partial charge in [0.15, 0.2) is 5.78 Å². The van der Waals surface area contributed by atoms with Crippen molar-refractivity contribution in [1.82, 2.24) is 5.32 Å². The first-order chi connectivity index (χ1) is 11.1. The molecule has 0 aliphatic carbocycles. The lowest BCUT2D eigenvalue weighted by atomic mass is 10.1. The Hall–Kier alpha value is -1.59. The molecule has 5 heteroatoms. The molecule has 0 aromatic heterocycles. The van der Waals surface area contributed by atoms with Gasteiger partial charge in [-0.15, -0.1) is 0 Å². The standard InChI is InChI=1S/C18H28N2O3/c1-4-15-11-20-16-10-14(6-7-18(16)23-15)17(21)12-19-8-5-9-22-13(2)3/h6-7,10,13,15,19-20H,4-5,8-9,11-12H2,1-3H3. The number of carbonyl (C=O) groups is 1. The average molecular weight is 320 g/mol. The number of anilines is 1. The number of benzene rings is 1. The van der Waals surface area contributed by atoms with Gasteiger partial charge in [0, 0.05) is 12.2 Å². The van der Waals surface area contributed by atoms with E-state index >= 15 is 0 Å². The Bertz CT molecular complexity index is 517. The largest absolute Gasteiger partial charge is 0.486 e. The summed E-state index contributed by atoms with van der Waals surface area (Å²) in [5.74, 6) is 0.926. The van der Waals surface area contributed by atoms with Crippen LogP contribution in [-0.2, 0) is 4.74 Å². The second kappa shape index (κ2) is 8.89. The fourth-order valence-electron chi connectivity index (χ4n) is 2.44. The topological polar surface area (TPSA) is 59.6 Å². The van der Waals surface area contributed by atoms with Crippen LogP contribution in [0.3, 0.4) is 0 Å². The number of hydrogen-bond acceptors (Lipinski definition) is 5. The van der Waals surface area contributed by atoms with E-state index in [4.69, 9.17) is 9.47 Å². The number of nitrogens with one attached hydrogen (secondary N) is 2. The molecule has 0 fully saturated rings. The molecule has 0 amide bonds. The second-order valence-corrected chi connectivity index (χ2v) is 6.11. The minimum absolute atomic E-state index is 0.0944. The van der Waals surface area contributed by atoms with Crippen LogP contribution < -0.4 is 15.4 Å². The van der Waals surface area contributed by atoms with Crippen molar-refractivity contribution in [2.45, 2.75) is 45.8 Å². The summed E-state index contributed by atoms with van der Waals surface area (Å²) in [5.41, 5.74) is 1.62. The maximum atomic E-state index is 12.2. The molecule has 2 N–H and O–H groups in total. The molecular formula is C18H28N2O3. The number of carbonyl (C=O) groups excluding carboxylic acids is 1. The lowest BCUT2D eigenvalue weighted by Crippen LogP contribution is -2.30. The van der Waals surface area contributed by atoms with Gasteiger partial charge in [-0.3, -0.25) is 4.79 Å². The van der Waals surface area contributed by atoms with E-state index in [1.807, 2.05) is 32.0 Å². The van der Waals surface area contributed by atoms with E-state index in [1.165, 1.54) is 0 Å². The fourth-order valence-corrected chi connectivity index (χ4v) is 2.44. The summed E-state index contributed by atoms with van der Waals surface area (Å²) >= 11 is 0. The van der Waals surface area contributed by atoms with Gasteiger partial charge in [0.25, 0.3) is 0 Å². The van der Waals surface area contributed by atoms with Gasteiger partial charge in [0.2, 0.25) is 0 Å². The summed E-state index contributed by atoms with van der Waals surface area (Å²) in [6, 6.07) is 5.60. The molecule has 1 heterocycles. The van der Waals surface area contributed by atoms with E-state index in [2.05, 4.69) is 17.6 Å². The molecule has 1 aliphatic heterocycles. The van der Waals surface area contributed by atoms with E-state index in [-0.39, 0.29) is 18.0 Å². The van der Waals surface area contributed by atoms with Crippen LogP contribution in [0.25, 0.3) is 0 Å². The molecule has 0 saturated heterocycles. The number of ketones is 1. The molecule has 1 unspecified atom stereocenters. The molecule has 0 bridgehead atoms. The zero-order chi connectivity index (χ0) is 16.7. The van der Waals surface area contributed by atoms with E-state index in [9.17, 15) is 4.79 Å². The first kappa shape index (κ1) is 17.8. The third kappa shape index (κ3) is 5.52. The SMILES string of the molecule is CCC1CNc2cc(C(=O)CNCCCOC(C)C)ccc2O1. The zero-order valence-electron chi connectivity index (χ0n) is 14.4. The van der Waals surface area contributed by atoms with Gasteiger partial charge in [-0.05, 0) is 51.4 Å². The molecule has 0 saturated carbocycles. The highest BCUT2D eigenvalue weighted by molar-refractivity contribution is 5.98. The molecule has 0 radical (unpaired) electrons. The number of Topliss-reactive ketones (excluding diaryl/α,β-unsaturated/α-hetero) is 1. The van der Waals surface area contributed by atoms with Crippen molar-refractivity contribution in [2.24, 2.45) is 0 Å². The Balaban J connectivity index is 1.77. The van der Waals surface area contributed by atoms with Gasteiger partial charge in [0.1, 0.15) is 11.9 Å². The molecule has 1 aliphatic rings. The van der Waals surface area contributed by atoms with Crippen molar-refractivity contribution < 1.29 is 14.3 Å². The van der Waals surface area contributed by atoms with E-state index in [1.54, 1.807) is 0 Å². The van der Waals surface area contributed by atoms with E-state index in [0.29, 0.717) is 12.1 Å². The lowest BCUT2D eigenvalue weighted by molar-refractivity contribution is 0.0767. The Morgan fingerprint density at radius 2 is 2.30 bits per heavy atom. The number of fused-ring (bicyclic) bond motifs is 1. The predicted molar refractivity (Wildman–Crippen MR) is 92.5 cm³/mol. The van der Waals surface area contributed by atoms with Crippen molar-refractivity contribution in [2.75, 3.05) is 31.6 Å². The molecular weight excluding hydrogens is 292 g/mol. The van der Waals surface area contributed by atoms with Crippen LogP contribution in [0.5, 0.6) is 5.75 Å². The lowest BCUT2D eigenvalue weighted by Gasteiger charge is -2.26. The van der Waals surface area contributed by atoms with E-state index < -0.39 is 0 Å². The van der Waals surface area contributed by atoms with Crippen molar-refractivity contribution in [1.29, 1.82) is 0 Å². The second-order valence-electron chi connectivity index (χ2n) is 6.11.